The highest BCUT2D eigenvalue weighted by Gasteiger charge is 2.26. The average molecular weight is 314 g/mol. The normalized spacial score (nSPS) is 23.0. The number of benzene rings is 1. The lowest BCUT2D eigenvalue weighted by atomic mass is 9.93. The largest absolute Gasteiger partial charge is 0.330 e. The van der Waals surface area contributed by atoms with E-state index < -0.39 is 5.82 Å². The number of carbonyl (C=O) groups is 1. The molecule has 6 heteroatoms. The zero-order chi connectivity index (χ0) is 15.4. The number of nitrogens with zero attached hydrogens (tertiary/aromatic N) is 1. The van der Waals surface area contributed by atoms with Gasteiger partial charge in [-0.3, -0.25) is 9.69 Å². The van der Waals surface area contributed by atoms with Gasteiger partial charge in [-0.05, 0) is 50.4 Å². The highest BCUT2D eigenvalue weighted by atomic mass is 35.5. The molecule has 1 aromatic carbocycles. The van der Waals surface area contributed by atoms with Gasteiger partial charge in [-0.15, -0.1) is 0 Å². The number of amides is 1. The maximum Gasteiger partial charge on any atom is 0.238 e. The third-order valence-electron chi connectivity index (χ3n) is 3.99. The van der Waals surface area contributed by atoms with Crippen molar-refractivity contribution < 1.29 is 9.18 Å². The topological polar surface area (TPSA) is 58.4 Å². The van der Waals surface area contributed by atoms with Gasteiger partial charge >= 0.3 is 0 Å². The molecule has 3 N–H and O–H groups in total. The van der Waals surface area contributed by atoms with Crippen molar-refractivity contribution in [3.63, 3.8) is 0 Å². The highest BCUT2D eigenvalue weighted by Crippen LogP contribution is 2.22. The Kier molecular flexibility index (Phi) is 5.56. The van der Waals surface area contributed by atoms with Crippen LogP contribution in [0.3, 0.4) is 0 Å². The predicted octanol–water partition coefficient (Wildman–Crippen LogP) is 2.48. The number of anilines is 1. The van der Waals surface area contributed by atoms with Crippen LogP contribution >= 0.6 is 11.6 Å². The Morgan fingerprint density at radius 3 is 2.95 bits per heavy atom. The van der Waals surface area contributed by atoms with Gasteiger partial charge < -0.3 is 11.1 Å². The lowest BCUT2D eigenvalue weighted by Gasteiger charge is -2.37. The van der Waals surface area contributed by atoms with Gasteiger partial charge in [0.15, 0.2) is 0 Å². The van der Waals surface area contributed by atoms with Crippen molar-refractivity contribution in [3.8, 4) is 0 Å². The molecule has 21 heavy (non-hydrogen) atoms. The Labute approximate surface area is 129 Å². The van der Waals surface area contributed by atoms with E-state index >= 15 is 0 Å². The molecule has 1 heterocycles. The van der Waals surface area contributed by atoms with Gasteiger partial charge in [0.2, 0.25) is 5.91 Å². The molecule has 116 valence electrons. The van der Waals surface area contributed by atoms with Crippen LogP contribution in [0.2, 0.25) is 5.02 Å². The summed E-state index contributed by atoms with van der Waals surface area (Å²) in [6.45, 7) is 3.80. The Morgan fingerprint density at radius 1 is 1.52 bits per heavy atom. The molecule has 2 rings (SSSR count). The van der Waals surface area contributed by atoms with E-state index in [2.05, 4.69) is 17.1 Å². The third-order valence-corrected chi connectivity index (χ3v) is 4.23. The maximum atomic E-state index is 13.7. The van der Waals surface area contributed by atoms with Crippen molar-refractivity contribution in [3.05, 3.63) is 29.0 Å². The van der Waals surface area contributed by atoms with Gasteiger partial charge in [-0.25, -0.2) is 4.39 Å². The number of halogens is 2. The molecular formula is C15H21ClFN3O. The van der Waals surface area contributed by atoms with E-state index in [-0.39, 0.29) is 18.1 Å². The van der Waals surface area contributed by atoms with Crippen LogP contribution < -0.4 is 11.1 Å². The van der Waals surface area contributed by atoms with Crippen molar-refractivity contribution >= 4 is 23.2 Å². The van der Waals surface area contributed by atoms with Crippen LogP contribution in [0.5, 0.6) is 0 Å². The number of nitrogens with one attached hydrogen (secondary N) is 1. The highest BCUT2D eigenvalue weighted by molar-refractivity contribution is 6.30. The molecule has 2 atom stereocenters. The van der Waals surface area contributed by atoms with Crippen LogP contribution in [-0.2, 0) is 4.79 Å². The van der Waals surface area contributed by atoms with Crippen LogP contribution in [0, 0.1) is 11.7 Å². The zero-order valence-corrected chi connectivity index (χ0v) is 12.9. The molecule has 1 aromatic rings. The summed E-state index contributed by atoms with van der Waals surface area (Å²) >= 11 is 5.69. The Balaban J connectivity index is 1.94. The average Bonchev–Trinajstić information content (AvgIpc) is 2.44. The van der Waals surface area contributed by atoms with E-state index in [0.29, 0.717) is 23.5 Å². The predicted molar refractivity (Wildman–Crippen MR) is 82.9 cm³/mol. The summed E-state index contributed by atoms with van der Waals surface area (Å²) < 4.78 is 13.7. The summed E-state index contributed by atoms with van der Waals surface area (Å²) in [5, 5.41) is 2.90. The minimum absolute atomic E-state index is 0.157. The first-order chi connectivity index (χ1) is 9.99. The minimum atomic E-state index is -0.526. The van der Waals surface area contributed by atoms with Crippen molar-refractivity contribution in [1.82, 2.24) is 4.90 Å². The number of likely N-dealkylation sites (tertiary alicyclic amines) is 1. The first-order valence-electron chi connectivity index (χ1n) is 7.18. The summed E-state index contributed by atoms with van der Waals surface area (Å²) in [6.07, 6.45) is 2.13. The minimum Gasteiger partial charge on any atom is -0.330 e. The lowest BCUT2D eigenvalue weighted by Crippen LogP contribution is -2.47. The fraction of sp³-hybridized carbons (Fsp3) is 0.533. The number of rotatable bonds is 4. The first-order valence-corrected chi connectivity index (χ1v) is 7.56. The molecule has 0 radical (unpaired) electrons. The monoisotopic (exact) mass is 313 g/mol. The van der Waals surface area contributed by atoms with Crippen molar-refractivity contribution in [2.75, 3.05) is 25.0 Å². The summed E-state index contributed by atoms with van der Waals surface area (Å²) in [4.78, 5) is 14.2. The quantitative estimate of drug-likeness (QED) is 0.898. The third kappa shape index (κ3) is 4.40. The second-order valence-corrected chi connectivity index (χ2v) is 6.07. The van der Waals surface area contributed by atoms with E-state index in [1.807, 2.05) is 0 Å². The molecule has 2 unspecified atom stereocenters. The molecule has 1 saturated heterocycles. The number of carbonyl (C=O) groups excluding carboxylic acids is 1. The number of nitrogens with two attached hydrogens (primary N) is 1. The van der Waals surface area contributed by atoms with Crippen LogP contribution in [0.1, 0.15) is 19.8 Å². The molecule has 0 bridgehead atoms. The Hall–Kier alpha value is -1.17. The van der Waals surface area contributed by atoms with Gasteiger partial charge in [0.05, 0.1) is 12.2 Å². The Morgan fingerprint density at radius 2 is 2.29 bits per heavy atom. The summed E-state index contributed by atoms with van der Waals surface area (Å²) in [6, 6.07) is 4.55. The van der Waals surface area contributed by atoms with E-state index in [1.165, 1.54) is 12.1 Å². The van der Waals surface area contributed by atoms with E-state index in [4.69, 9.17) is 17.3 Å². The van der Waals surface area contributed by atoms with Gasteiger partial charge in [0, 0.05) is 17.6 Å². The van der Waals surface area contributed by atoms with E-state index in [0.717, 1.165) is 19.4 Å². The SMILES string of the molecule is CC1CCC(CN)CN1CC(=O)Nc1ccc(Cl)cc1F. The maximum absolute atomic E-state index is 13.7. The standard InChI is InChI=1S/C15H21ClFN3O/c1-10-2-3-11(7-18)8-20(10)9-15(21)19-14-5-4-12(16)6-13(14)17/h4-6,10-11H,2-3,7-9,18H2,1H3,(H,19,21). The number of piperidine rings is 1. The van der Waals surface area contributed by atoms with Gasteiger partial charge in [-0.1, -0.05) is 11.6 Å². The molecule has 0 aromatic heterocycles. The fourth-order valence-corrected chi connectivity index (χ4v) is 2.80. The first kappa shape index (κ1) is 16.2. The van der Waals surface area contributed by atoms with Gasteiger partial charge in [0.1, 0.15) is 5.82 Å². The molecule has 1 fully saturated rings. The second kappa shape index (κ2) is 7.20. The molecule has 1 aliphatic rings. The van der Waals surface area contributed by atoms with Gasteiger partial charge in [-0.2, -0.15) is 0 Å². The summed E-state index contributed by atoms with van der Waals surface area (Å²) in [5.41, 5.74) is 5.87. The van der Waals surface area contributed by atoms with E-state index in [9.17, 15) is 9.18 Å². The fourth-order valence-electron chi connectivity index (χ4n) is 2.64. The zero-order valence-electron chi connectivity index (χ0n) is 12.1. The molecular weight excluding hydrogens is 293 g/mol. The van der Waals surface area contributed by atoms with Crippen LogP contribution in [0.15, 0.2) is 18.2 Å². The summed E-state index contributed by atoms with van der Waals surface area (Å²) in [7, 11) is 0. The van der Waals surface area contributed by atoms with Crippen LogP contribution in [0.4, 0.5) is 10.1 Å². The van der Waals surface area contributed by atoms with Crippen LogP contribution in [0.25, 0.3) is 0 Å². The van der Waals surface area contributed by atoms with Crippen LogP contribution in [-0.4, -0.2) is 36.5 Å². The molecule has 0 saturated carbocycles. The lowest BCUT2D eigenvalue weighted by molar-refractivity contribution is -0.118. The van der Waals surface area contributed by atoms with Gasteiger partial charge in [0.25, 0.3) is 0 Å². The van der Waals surface area contributed by atoms with Crippen molar-refractivity contribution in [2.24, 2.45) is 11.7 Å². The molecule has 0 spiro atoms. The number of hydrogen-bond donors (Lipinski definition) is 2. The van der Waals surface area contributed by atoms with Crippen molar-refractivity contribution in [2.45, 2.75) is 25.8 Å². The summed E-state index contributed by atoms with van der Waals surface area (Å²) in [5.74, 6) is -0.315. The van der Waals surface area contributed by atoms with Crippen molar-refractivity contribution in [1.29, 1.82) is 0 Å². The molecule has 1 amide bonds. The Bertz CT molecular complexity index is 512. The molecule has 0 aliphatic carbocycles. The smallest absolute Gasteiger partial charge is 0.238 e. The molecule has 4 nitrogen and oxygen atoms in total. The number of hydrogen-bond acceptors (Lipinski definition) is 3. The molecule has 1 aliphatic heterocycles. The second-order valence-electron chi connectivity index (χ2n) is 5.63. The van der Waals surface area contributed by atoms with E-state index in [1.54, 1.807) is 6.07 Å².